The van der Waals surface area contributed by atoms with E-state index in [2.05, 4.69) is 0 Å². The zero-order valence-electron chi connectivity index (χ0n) is 8.78. The molecule has 1 saturated heterocycles. The molecule has 0 aromatic rings. The number of aliphatic hydroxyl groups excluding tert-OH is 1. The number of hydrogen-bond acceptors (Lipinski definition) is 4. The van der Waals surface area contributed by atoms with E-state index in [1.54, 1.807) is 0 Å². The van der Waals surface area contributed by atoms with Crippen LogP contribution in [-0.2, 0) is 9.84 Å². The van der Waals surface area contributed by atoms with Gasteiger partial charge in [0.1, 0.15) is 0 Å². The molecule has 0 amide bonds. The van der Waals surface area contributed by atoms with Crippen molar-refractivity contribution in [2.75, 3.05) is 18.1 Å². The van der Waals surface area contributed by atoms with Gasteiger partial charge in [0, 0.05) is 5.41 Å². The third-order valence-corrected chi connectivity index (χ3v) is 5.98. The predicted molar refractivity (Wildman–Crippen MR) is 56.2 cm³/mol. The van der Waals surface area contributed by atoms with Gasteiger partial charge in [0.2, 0.25) is 0 Å². The van der Waals surface area contributed by atoms with E-state index in [9.17, 15) is 18.6 Å². The predicted octanol–water partition coefficient (Wildman–Crippen LogP) is 0.0887. The van der Waals surface area contributed by atoms with Crippen LogP contribution in [0, 0.1) is 5.41 Å². The number of rotatable bonds is 2. The van der Waals surface area contributed by atoms with Gasteiger partial charge in [0.25, 0.3) is 0 Å². The zero-order valence-corrected chi connectivity index (χ0v) is 9.59. The van der Waals surface area contributed by atoms with Crippen LogP contribution in [0.3, 0.4) is 0 Å². The molecule has 0 spiro atoms. The highest BCUT2D eigenvalue weighted by atomic mass is 32.2. The standard InChI is InChI=1S/C10H18O4S/c11-7-9(10(12)4-1-5-10)3-2-6-15(13,14)8-9/h11-12H,1-8H2. The Balaban J connectivity index is 2.28. The molecule has 1 aliphatic carbocycles. The molecular weight excluding hydrogens is 216 g/mol. The molecule has 1 aliphatic heterocycles. The van der Waals surface area contributed by atoms with Crippen LogP contribution in [0.5, 0.6) is 0 Å². The van der Waals surface area contributed by atoms with Crippen molar-refractivity contribution >= 4 is 9.84 Å². The first-order chi connectivity index (χ1) is 6.93. The average Bonchev–Trinajstić information content (AvgIpc) is 2.12. The molecule has 0 bridgehead atoms. The van der Waals surface area contributed by atoms with Crippen molar-refractivity contribution in [3.05, 3.63) is 0 Å². The van der Waals surface area contributed by atoms with Gasteiger partial charge < -0.3 is 10.2 Å². The van der Waals surface area contributed by atoms with Crippen LogP contribution in [0.4, 0.5) is 0 Å². The SMILES string of the molecule is O=S1(=O)CCCC(CO)(C2(O)CCC2)C1. The molecule has 4 nitrogen and oxygen atoms in total. The fourth-order valence-corrected chi connectivity index (χ4v) is 4.95. The summed E-state index contributed by atoms with van der Waals surface area (Å²) in [4.78, 5) is 0. The smallest absolute Gasteiger partial charge is 0.151 e. The van der Waals surface area contributed by atoms with Gasteiger partial charge in [0.05, 0.1) is 23.7 Å². The van der Waals surface area contributed by atoms with Crippen molar-refractivity contribution in [1.82, 2.24) is 0 Å². The Hall–Kier alpha value is -0.130. The molecule has 2 aliphatic rings. The van der Waals surface area contributed by atoms with Crippen molar-refractivity contribution < 1.29 is 18.6 Å². The van der Waals surface area contributed by atoms with Crippen molar-refractivity contribution in [3.63, 3.8) is 0 Å². The van der Waals surface area contributed by atoms with Gasteiger partial charge in [-0.1, -0.05) is 0 Å². The molecule has 1 unspecified atom stereocenters. The number of sulfone groups is 1. The zero-order chi connectivity index (χ0) is 11.2. The Morgan fingerprint density at radius 2 is 1.80 bits per heavy atom. The Morgan fingerprint density at radius 1 is 1.13 bits per heavy atom. The Morgan fingerprint density at radius 3 is 2.20 bits per heavy atom. The van der Waals surface area contributed by atoms with E-state index >= 15 is 0 Å². The van der Waals surface area contributed by atoms with Gasteiger partial charge in [-0.05, 0) is 32.1 Å². The molecule has 1 saturated carbocycles. The minimum absolute atomic E-state index is 0.0486. The van der Waals surface area contributed by atoms with E-state index in [0.29, 0.717) is 25.7 Å². The third-order valence-electron chi connectivity index (χ3n) is 4.08. The summed E-state index contributed by atoms with van der Waals surface area (Å²) in [5, 5.41) is 19.7. The molecule has 15 heavy (non-hydrogen) atoms. The maximum absolute atomic E-state index is 11.6. The van der Waals surface area contributed by atoms with E-state index in [4.69, 9.17) is 0 Å². The molecule has 0 radical (unpaired) electrons. The van der Waals surface area contributed by atoms with Gasteiger partial charge in [-0.3, -0.25) is 0 Å². The first-order valence-corrected chi connectivity index (χ1v) is 7.29. The van der Waals surface area contributed by atoms with Crippen molar-refractivity contribution in [1.29, 1.82) is 0 Å². The van der Waals surface area contributed by atoms with Crippen LogP contribution in [0.25, 0.3) is 0 Å². The fourth-order valence-electron chi connectivity index (χ4n) is 2.88. The van der Waals surface area contributed by atoms with Crippen LogP contribution in [-0.4, -0.2) is 42.3 Å². The van der Waals surface area contributed by atoms with Crippen molar-refractivity contribution in [2.24, 2.45) is 5.41 Å². The van der Waals surface area contributed by atoms with Crippen molar-refractivity contribution in [3.8, 4) is 0 Å². The lowest BCUT2D eigenvalue weighted by atomic mass is 9.60. The summed E-state index contributed by atoms with van der Waals surface area (Å²) >= 11 is 0. The summed E-state index contributed by atoms with van der Waals surface area (Å²) < 4.78 is 23.2. The van der Waals surface area contributed by atoms with Gasteiger partial charge in [-0.15, -0.1) is 0 Å². The largest absolute Gasteiger partial charge is 0.396 e. The van der Waals surface area contributed by atoms with Crippen LogP contribution in [0.15, 0.2) is 0 Å². The summed E-state index contributed by atoms with van der Waals surface area (Å²) in [7, 11) is -3.08. The van der Waals surface area contributed by atoms with E-state index in [0.717, 1.165) is 6.42 Å². The first-order valence-electron chi connectivity index (χ1n) is 5.47. The molecule has 0 aromatic carbocycles. The van der Waals surface area contributed by atoms with Crippen molar-refractivity contribution in [2.45, 2.75) is 37.7 Å². The van der Waals surface area contributed by atoms with Crippen LogP contribution >= 0.6 is 0 Å². The highest BCUT2D eigenvalue weighted by molar-refractivity contribution is 7.91. The normalized spacial score (nSPS) is 38.3. The Labute approximate surface area is 90.2 Å². The molecule has 0 aromatic heterocycles. The third kappa shape index (κ3) is 1.70. The van der Waals surface area contributed by atoms with Gasteiger partial charge in [-0.25, -0.2) is 8.42 Å². The van der Waals surface area contributed by atoms with Crippen LogP contribution in [0.2, 0.25) is 0 Å². The summed E-state index contributed by atoms with van der Waals surface area (Å²) in [5.41, 5.74) is -1.72. The highest BCUT2D eigenvalue weighted by Crippen LogP contribution is 2.50. The lowest BCUT2D eigenvalue weighted by molar-refractivity contribution is -0.152. The maximum atomic E-state index is 11.6. The van der Waals surface area contributed by atoms with E-state index in [-0.39, 0.29) is 18.1 Å². The lowest BCUT2D eigenvalue weighted by Gasteiger charge is -2.53. The molecular formula is C10H18O4S. The van der Waals surface area contributed by atoms with Crippen LogP contribution < -0.4 is 0 Å². The quantitative estimate of drug-likeness (QED) is 0.710. The Bertz CT molecular complexity index is 344. The minimum atomic E-state index is -3.08. The van der Waals surface area contributed by atoms with Crippen LogP contribution in [0.1, 0.15) is 32.1 Å². The summed E-state index contributed by atoms with van der Waals surface area (Å²) in [5.74, 6) is 0.151. The minimum Gasteiger partial charge on any atom is -0.396 e. The Kier molecular flexibility index (Phi) is 2.60. The monoisotopic (exact) mass is 234 g/mol. The molecule has 1 heterocycles. The second-order valence-electron chi connectivity index (χ2n) is 5.02. The topological polar surface area (TPSA) is 74.6 Å². The van der Waals surface area contributed by atoms with E-state index in [1.807, 2.05) is 0 Å². The first kappa shape index (κ1) is 11.4. The summed E-state index contributed by atoms with van der Waals surface area (Å²) in [6, 6.07) is 0. The fraction of sp³-hybridized carbons (Fsp3) is 1.00. The maximum Gasteiger partial charge on any atom is 0.151 e. The van der Waals surface area contributed by atoms with Gasteiger partial charge >= 0.3 is 0 Å². The molecule has 88 valence electrons. The molecule has 5 heteroatoms. The lowest BCUT2D eigenvalue weighted by Crippen LogP contribution is -2.60. The summed E-state index contributed by atoms with van der Waals surface area (Å²) in [6.07, 6.45) is 3.37. The second kappa shape index (κ2) is 3.43. The van der Waals surface area contributed by atoms with E-state index in [1.165, 1.54) is 0 Å². The summed E-state index contributed by atoms with van der Waals surface area (Å²) in [6.45, 7) is -0.220. The molecule has 2 N–H and O–H groups in total. The van der Waals surface area contributed by atoms with Gasteiger partial charge in [0.15, 0.2) is 9.84 Å². The molecule has 1 atom stereocenters. The van der Waals surface area contributed by atoms with Gasteiger partial charge in [-0.2, -0.15) is 0 Å². The highest BCUT2D eigenvalue weighted by Gasteiger charge is 2.56. The molecule has 2 rings (SSSR count). The average molecular weight is 234 g/mol. The second-order valence-corrected chi connectivity index (χ2v) is 7.20. The van der Waals surface area contributed by atoms with E-state index < -0.39 is 20.9 Å². The molecule has 2 fully saturated rings. The number of aliphatic hydroxyl groups is 2. The number of hydrogen-bond donors (Lipinski definition) is 2.